The molecular formula is C14H19N3S. The Labute approximate surface area is 112 Å². The van der Waals surface area contributed by atoms with Crippen LogP contribution in [0.4, 0.5) is 0 Å². The molecule has 2 heterocycles. The van der Waals surface area contributed by atoms with Crippen molar-refractivity contribution in [3.05, 3.63) is 34.0 Å². The number of aromatic nitrogens is 2. The zero-order chi connectivity index (χ0) is 13.1. The molecule has 0 bridgehead atoms. The van der Waals surface area contributed by atoms with Crippen LogP contribution in [0.25, 0.3) is 10.7 Å². The molecule has 2 aromatic heterocycles. The van der Waals surface area contributed by atoms with E-state index in [1.54, 1.807) is 11.3 Å². The van der Waals surface area contributed by atoms with Gasteiger partial charge in [-0.05, 0) is 45.0 Å². The molecule has 0 spiro atoms. The van der Waals surface area contributed by atoms with Crippen LogP contribution in [0.15, 0.2) is 12.1 Å². The second kappa shape index (κ2) is 5.59. The fourth-order valence-electron chi connectivity index (χ4n) is 1.89. The number of hydrogen-bond donors (Lipinski definition) is 1. The van der Waals surface area contributed by atoms with Gasteiger partial charge in [0.2, 0.25) is 0 Å². The molecule has 0 atom stereocenters. The third kappa shape index (κ3) is 2.94. The fraction of sp³-hybridized carbons (Fsp3) is 0.429. The fourth-order valence-corrected chi connectivity index (χ4v) is 2.88. The number of hydrogen-bond acceptors (Lipinski definition) is 4. The summed E-state index contributed by atoms with van der Waals surface area (Å²) in [6.45, 7) is 10.2. The summed E-state index contributed by atoms with van der Waals surface area (Å²) in [6, 6.07) is 4.19. The minimum Gasteiger partial charge on any atom is -0.312 e. The predicted molar refractivity (Wildman–Crippen MR) is 76.9 cm³/mol. The van der Waals surface area contributed by atoms with E-state index >= 15 is 0 Å². The number of pyridine rings is 1. The molecule has 0 aliphatic carbocycles. The number of rotatable bonds is 4. The quantitative estimate of drug-likeness (QED) is 0.918. The van der Waals surface area contributed by atoms with E-state index in [9.17, 15) is 0 Å². The lowest BCUT2D eigenvalue weighted by Gasteiger charge is -2.00. The minimum atomic E-state index is 0.894. The molecule has 0 amide bonds. The smallest absolute Gasteiger partial charge is 0.142 e. The molecule has 4 heteroatoms. The summed E-state index contributed by atoms with van der Waals surface area (Å²) in [5.74, 6) is 0. The summed E-state index contributed by atoms with van der Waals surface area (Å²) >= 11 is 1.73. The first kappa shape index (κ1) is 13.2. The lowest BCUT2D eigenvalue weighted by Crippen LogP contribution is -2.11. The maximum Gasteiger partial charge on any atom is 0.142 e. The second-order valence-electron chi connectivity index (χ2n) is 4.48. The Kier molecular flexibility index (Phi) is 4.09. The van der Waals surface area contributed by atoms with Gasteiger partial charge in [-0.2, -0.15) is 0 Å². The third-order valence-electron chi connectivity index (χ3n) is 2.75. The van der Waals surface area contributed by atoms with Gasteiger partial charge >= 0.3 is 0 Å². The van der Waals surface area contributed by atoms with Gasteiger partial charge in [0.1, 0.15) is 5.01 Å². The Morgan fingerprint density at radius 2 is 1.94 bits per heavy atom. The predicted octanol–water partition coefficient (Wildman–Crippen LogP) is 3.24. The topological polar surface area (TPSA) is 37.8 Å². The van der Waals surface area contributed by atoms with Crippen LogP contribution in [-0.4, -0.2) is 16.5 Å². The van der Waals surface area contributed by atoms with Gasteiger partial charge in [0.05, 0.1) is 11.4 Å². The van der Waals surface area contributed by atoms with Crippen LogP contribution in [0.3, 0.4) is 0 Å². The molecule has 0 unspecified atom stereocenters. The molecule has 3 nitrogen and oxygen atoms in total. The van der Waals surface area contributed by atoms with Gasteiger partial charge in [-0.1, -0.05) is 6.92 Å². The molecular weight excluding hydrogens is 242 g/mol. The van der Waals surface area contributed by atoms with E-state index in [1.165, 1.54) is 10.4 Å². The Bertz CT molecular complexity index is 526. The lowest BCUT2D eigenvalue weighted by atomic mass is 10.2. The molecule has 0 saturated heterocycles. The van der Waals surface area contributed by atoms with Crippen molar-refractivity contribution in [1.82, 2.24) is 15.3 Å². The van der Waals surface area contributed by atoms with Crippen molar-refractivity contribution in [2.24, 2.45) is 0 Å². The van der Waals surface area contributed by atoms with Gasteiger partial charge in [-0.15, -0.1) is 11.3 Å². The van der Waals surface area contributed by atoms with Crippen LogP contribution in [0, 0.1) is 20.8 Å². The Morgan fingerprint density at radius 3 is 2.61 bits per heavy atom. The van der Waals surface area contributed by atoms with E-state index in [1.807, 2.05) is 6.92 Å². The van der Waals surface area contributed by atoms with Crippen LogP contribution in [0.5, 0.6) is 0 Å². The molecule has 0 aromatic carbocycles. The van der Waals surface area contributed by atoms with Crippen LogP contribution in [-0.2, 0) is 6.54 Å². The molecule has 0 aliphatic rings. The van der Waals surface area contributed by atoms with Gasteiger partial charge < -0.3 is 5.32 Å². The molecule has 0 radical (unpaired) electrons. The van der Waals surface area contributed by atoms with Crippen molar-refractivity contribution in [2.75, 3.05) is 6.54 Å². The van der Waals surface area contributed by atoms with E-state index in [-0.39, 0.29) is 0 Å². The summed E-state index contributed by atoms with van der Waals surface area (Å²) in [5.41, 5.74) is 4.38. The maximum absolute atomic E-state index is 4.63. The standard InChI is InChI=1S/C14H19N3S/c1-5-15-8-13-11(4)17-14(18-13)12-7-9(2)6-10(3)16-12/h6-7,15H,5,8H2,1-4H3. The van der Waals surface area contributed by atoms with Gasteiger partial charge in [0.25, 0.3) is 0 Å². The highest BCUT2D eigenvalue weighted by Gasteiger charge is 2.10. The number of nitrogens with one attached hydrogen (secondary N) is 1. The monoisotopic (exact) mass is 261 g/mol. The van der Waals surface area contributed by atoms with E-state index in [4.69, 9.17) is 0 Å². The first-order chi connectivity index (χ1) is 8.60. The Hall–Kier alpha value is -1.26. The van der Waals surface area contributed by atoms with Crippen LogP contribution in [0.2, 0.25) is 0 Å². The van der Waals surface area contributed by atoms with Crippen LogP contribution in [0.1, 0.15) is 28.8 Å². The normalized spacial score (nSPS) is 10.9. The maximum atomic E-state index is 4.63. The molecule has 0 fully saturated rings. The highest BCUT2D eigenvalue weighted by atomic mass is 32.1. The molecule has 96 valence electrons. The van der Waals surface area contributed by atoms with Gasteiger partial charge in [-0.25, -0.2) is 4.98 Å². The van der Waals surface area contributed by atoms with Gasteiger partial charge in [0, 0.05) is 17.1 Å². The number of thiazole rings is 1. The zero-order valence-electron chi connectivity index (χ0n) is 11.4. The first-order valence-corrected chi connectivity index (χ1v) is 7.04. The number of nitrogens with zero attached hydrogens (tertiary/aromatic N) is 2. The summed E-state index contributed by atoms with van der Waals surface area (Å²) < 4.78 is 0. The van der Waals surface area contributed by atoms with Gasteiger partial charge in [0.15, 0.2) is 0 Å². The summed E-state index contributed by atoms with van der Waals surface area (Å²) in [6.07, 6.45) is 0. The van der Waals surface area contributed by atoms with Crippen molar-refractivity contribution < 1.29 is 0 Å². The van der Waals surface area contributed by atoms with E-state index in [0.717, 1.165) is 35.2 Å². The minimum absolute atomic E-state index is 0.894. The lowest BCUT2D eigenvalue weighted by molar-refractivity contribution is 0.731. The molecule has 2 aromatic rings. The molecule has 0 saturated carbocycles. The third-order valence-corrected chi connectivity index (χ3v) is 3.93. The van der Waals surface area contributed by atoms with E-state index in [0.29, 0.717) is 0 Å². The zero-order valence-corrected chi connectivity index (χ0v) is 12.2. The van der Waals surface area contributed by atoms with Crippen LogP contribution >= 0.6 is 11.3 Å². The summed E-state index contributed by atoms with van der Waals surface area (Å²) in [4.78, 5) is 10.5. The molecule has 0 aliphatic heterocycles. The highest BCUT2D eigenvalue weighted by Crippen LogP contribution is 2.27. The highest BCUT2D eigenvalue weighted by molar-refractivity contribution is 7.15. The van der Waals surface area contributed by atoms with Crippen molar-refractivity contribution in [1.29, 1.82) is 0 Å². The van der Waals surface area contributed by atoms with Gasteiger partial charge in [-0.3, -0.25) is 4.98 Å². The molecule has 1 N–H and O–H groups in total. The SMILES string of the molecule is CCNCc1sc(-c2cc(C)cc(C)n2)nc1C. The molecule has 2 rings (SSSR count). The average molecular weight is 261 g/mol. The Morgan fingerprint density at radius 1 is 1.17 bits per heavy atom. The van der Waals surface area contributed by atoms with E-state index < -0.39 is 0 Å². The average Bonchev–Trinajstić information content (AvgIpc) is 2.67. The Balaban J connectivity index is 2.33. The number of aryl methyl sites for hydroxylation is 3. The molecule has 18 heavy (non-hydrogen) atoms. The van der Waals surface area contributed by atoms with Crippen molar-refractivity contribution >= 4 is 11.3 Å². The van der Waals surface area contributed by atoms with Crippen molar-refractivity contribution in [3.63, 3.8) is 0 Å². The largest absolute Gasteiger partial charge is 0.312 e. The summed E-state index contributed by atoms with van der Waals surface area (Å²) in [7, 11) is 0. The van der Waals surface area contributed by atoms with Crippen molar-refractivity contribution in [3.8, 4) is 10.7 Å². The first-order valence-electron chi connectivity index (χ1n) is 6.23. The van der Waals surface area contributed by atoms with E-state index in [2.05, 4.69) is 48.2 Å². The summed E-state index contributed by atoms with van der Waals surface area (Å²) in [5, 5.41) is 4.36. The second-order valence-corrected chi connectivity index (χ2v) is 5.56. The van der Waals surface area contributed by atoms with Crippen molar-refractivity contribution in [2.45, 2.75) is 34.2 Å². The van der Waals surface area contributed by atoms with Crippen LogP contribution < -0.4 is 5.32 Å².